The summed E-state index contributed by atoms with van der Waals surface area (Å²) in [5.74, 6) is 0. The second-order valence-electron chi connectivity index (χ2n) is 12.3. The molecule has 0 radical (unpaired) electrons. The lowest BCUT2D eigenvalue weighted by Crippen LogP contribution is -1.98. The summed E-state index contributed by atoms with van der Waals surface area (Å²) in [6, 6.07) is 55.7. The molecule has 2 heterocycles. The van der Waals surface area contributed by atoms with E-state index in [0.717, 1.165) is 66.5 Å². The third kappa shape index (κ3) is 4.38. The standard InChI is InChI=1S/C45H25N5/c1-48-32-19-20-34(38(26-32)37-13-4-7-16-43(37)50-41-14-5-2-11-35(41)36-12-3-6-15-42(36)50)31-9-8-10-33(25-31)49-44-21-17-29(27-46)23-39(44)40-24-30(28-47)18-22-45(40)49/h2-26H. The largest absolute Gasteiger partial charge is 0.309 e. The number of hydrogen-bond donors (Lipinski definition) is 0. The molecule has 0 atom stereocenters. The minimum Gasteiger partial charge on any atom is -0.309 e. The van der Waals surface area contributed by atoms with Crippen LogP contribution in [0, 0.1) is 29.2 Å². The van der Waals surface area contributed by atoms with E-state index >= 15 is 0 Å². The zero-order valence-electron chi connectivity index (χ0n) is 26.7. The van der Waals surface area contributed by atoms with Crippen LogP contribution in [0.4, 0.5) is 5.69 Å². The molecule has 9 rings (SSSR count). The maximum Gasteiger partial charge on any atom is 0.187 e. The normalized spacial score (nSPS) is 11.1. The van der Waals surface area contributed by atoms with Crippen LogP contribution in [0.1, 0.15) is 11.1 Å². The van der Waals surface area contributed by atoms with Crippen molar-refractivity contribution in [3.8, 4) is 45.8 Å². The van der Waals surface area contributed by atoms with Gasteiger partial charge in [-0.2, -0.15) is 10.5 Å². The van der Waals surface area contributed by atoms with Crippen LogP contribution in [0.3, 0.4) is 0 Å². The van der Waals surface area contributed by atoms with Gasteiger partial charge in [-0.05, 0) is 89.5 Å². The number of rotatable bonds is 4. The van der Waals surface area contributed by atoms with Gasteiger partial charge in [-0.25, -0.2) is 4.85 Å². The maximum atomic E-state index is 9.67. The number of fused-ring (bicyclic) bond motifs is 6. The summed E-state index contributed by atoms with van der Waals surface area (Å²) >= 11 is 0. The highest BCUT2D eigenvalue weighted by Gasteiger charge is 2.19. The van der Waals surface area contributed by atoms with E-state index in [0.29, 0.717) is 16.8 Å². The molecule has 0 spiro atoms. The minimum atomic E-state index is 0.569. The highest BCUT2D eigenvalue weighted by molar-refractivity contribution is 6.11. The molecule has 0 saturated carbocycles. The molecule has 0 unspecified atom stereocenters. The third-order valence-electron chi connectivity index (χ3n) is 9.59. The fraction of sp³-hybridized carbons (Fsp3) is 0. The highest BCUT2D eigenvalue weighted by atomic mass is 15.0. The Kier molecular flexibility index (Phi) is 6.56. The average molecular weight is 636 g/mol. The molecule has 9 aromatic rings. The minimum absolute atomic E-state index is 0.569. The van der Waals surface area contributed by atoms with Crippen LogP contribution in [0.5, 0.6) is 0 Å². The molecule has 7 aromatic carbocycles. The fourth-order valence-electron chi connectivity index (χ4n) is 7.41. The Morgan fingerprint density at radius 1 is 0.460 bits per heavy atom. The van der Waals surface area contributed by atoms with E-state index in [4.69, 9.17) is 6.57 Å². The van der Waals surface area contributed by atoms with Gasteiger partial charge in [-0.15, -0.1) is 0 Å². The van der Waals surface area contributed by atoms with Gasteiger partial charge in [0.2, 0.25) is 0 Å². The highest BCUT2D eigenvalue weighted by Crippen LogP contribution is 2.42. The Morgan fingerprint density at radius 2 is 1.06 bits per heavy atom. The second kappa shape index (κ2) is 11.4. The van der Waals surface area contributed by atoms with Crippen LogP contribution in [-0.2, 0) is 0 Å². The van der Waals surface area contributed by atoms with Crippen molar-refractivity contribution in [1.29, 1.82) is 10.5 Å². The van der Waals surface area contributed by atoms with E-state index in [1.165, 1.54) is 10.8 Å². The Labute approximate surface area is 288 Å². The lowest BCUT2D eigenvalue weighted by atomic mass is 9.92. The third-order valence-corrected chi connectivity index (χ3v) is 9.59. The smallest absolute Gasteiger partial charge is 0.187 e. The molecule has 0 aliphatic carbocycles. The number of nitrogens with zero attached hydrogens (tertiary/aromatic N) is 5. The SMILES string of the molecule is [C-]#[N+]c1ccc(-c2cccc(-n3c4ccc(C#N)cc4c4cc(C#N)ccc43)c2)c(-c2ccccc2-n2c3ccccc3c3ccccc32)c1. The van der Waals surface area contributed by atoms with Crippen molar-refractivity contribution in [2.75, 3.05) is 0 Å². The monoisotopic (exact) mass is 635 g/mol. The molecule has 0 N–H and O–H groups in total. The van der Waals surface area contributed by atoms with Gasteiger partial charge in [0.1, 0.15) is 0 Å². The van der Waals surface area contributed by atoms with Gasteiger partial charge in [0.25, 0.3) is 0 Å². The zero-order chi connectivity index (χ0) is 33.8. The van der Waals surface area contributed by atoms with Gasteiger partial charge < -0.3 is 9.13 Å². The van der Waals surface area contributed by atoms with Crippen LogP contribution in [0.25, 0.3) is 82.1 Å². The molecule has 2 aromatic heterocycles. The lowest BCUT2D eigenvalue weighted by Gasteiger charge is -2.18. The molecule has 0 saturated heterocycles. The maximum absolute atomic E-state index is 9.67. The van der Waals surface area contributed by atoms with Crippen molar-refractivity contribution in [1.82, 2.24) is 9.13 Å². The van der Waals surface area contributed by atoms with Gasteiger partial charge in [0.15, 0.2) is 5.69 Å². The van der Waals surface area contributed by atoms with Crippen LogP contribution < -0.4 is 0 Å². The summed E-state index contributed by atoms with van der Waals surface area (Å²) < 4.78 is 4.52. The van der Waals surface area contributed by atoms with E-state index in [2.05, 4.69) is 129 Å². The van der Waals surface area contributed by atoms with E-state index < -0.39 is 0 Å². The molecule has 0 fully saturated rings. The molecule has 0 bridgehead atoms. The van der Waals surface area contributed by atoms with Gasteiger partial charge in [0, 0.05) is 32.8 Å². The summed E-state index contributed by atoms with van der Waals surface area (Å²) in [6.45, 7) is 7.90. The predicted molar refractivity (Wildman–Crippen MR) is 202 cm³/mol. The molecule has 230 valence electrons. The van der Waals surface area contributed by atoms with Crippen molar-refractivity contribution in [3.63, 3.8) is 0 Å². The number of aromatic nitrogens is 2. The molecule has 0 amide bonds. The number of benzene rings is 7. The Morgan fingerprint density at radius 3 is 1.70 bits per heavy atom. The molecule has 5 heteroatoms. The first-order chi connectivity index (χ1) is 24.7. The van der Waals surface area contributed by atoms with Crippen molar-refractivity contribution in [2.45, 2.75) is 0 Å². The van der Waals surface area contributed by atoms with Crippen LogP contribution in [-0.4, -0.2) is 9.13 Å². The van der Waals surface area contributed by atoms with Gasteiger partial charge >= 0.3 is 0 Å². The first kappa shape index (κ1) is 28.8. The van der Waals surface area contributed by atoms with Gasteiger partial charge in [0.05, 0.1) is 57.6 Å². The Bertz CT molecular complexity index is 2850. The van der Waals surface area contributed by atoms with Gasteiger partial charge in [-0.3, -0.25) is 0 Å². The summed E-state index contributed by atoms with van der Waals surface area (Å²) in [6.07, 6.45) is 0. The van der Waals surface area contributed by atoms with Crippen LogP contribution in [0.2, 0.25) is 0 Å². The molecular weight excluding hydrogens is 611 g/mol. The number of hydrogen-bond acceptors (Lipinski definition) is 2. The first-order valence-corrected chi connectivity index (χ1v) is 16.3. The fourth-order valence-corrected chi connectivity index (χ4v) is 7.41. The Balaban J connectivity index is 1.28. The lowest BCUT2D eigenvalue weighted by molar-refractivity contribution is 1.18. The zero-order valence-corrected chi connectivity index (χ0v) is 26.7. The predicted octanol–water partition coefficient (Wildman–Crippen LogP) is 11.5. The van der Waals surface area contributed by atoms with Crippen molar-refractivity contribution in [3.05, 3.63) is 174 Å². The number of para-hydroxylation sites is 3. The first-order valence-electron chi connectivity index (χ1n) is 16.3. The van der Waals surface area contributed by atoms with E-state index in [1.807, 2.05) is 48.5 Å². The van der Waals surface area contributed by atoms with Crippen molar-refractivity contribution in [2.24, 2.45) is 0 Å². The second-order valence-corrected chi connectivity index (χ2v) is 12.3. The molecular formula is C45H25N5. The molecule has 5 nitrogen and oxygen atoms in total. The van der Waals surface area contributed by atoms with Crippen molar-refractivity contribution < 1.29 is 0 Å². The number of nitriles is 2. The molecule has 50 heavy (non-hydrogen) atoms. The topological polar surface area (TPSA) is 61.8 Å². The van der Waals surface area contributed by atoms with Gasteiger partial charge in [-0.1, -0.05) is 78.9 Å². The average Bonchev–Trinajstić information content (AvgIpc) is 3.69. The molecule has 0 aliphatic heterocycles. The van der Waals surface area contributed by atoms with Crippen molar-refractivity contribution >= 4 is 49.3 Å². The van der Waals surface area contributed by atoms with Crippen LogP contribution in [0.15, 0.2) is 152 Å². The quantitative estimate of drug-likeness (QED) is 0.181. The van der Waals surface area contributed by atoms with E-state index in [-0.39, 0.29) is 0 Å². The summed E-state index contributed by atoms with van der Waals surface area (Å²) in [5, 5.41) is 23.6. The Hall–Kier alpha value is -7.39. The van der Waals surface area contributed by atoms with E-state index in [1.54, 1.807) is 0 Å². The van der Waals surface area contributed by atoms with Crippen LogP contribution >= 0.6 is 0 Å². The molecule has 0 aliphatic rings. The summed E-state index contributed by atoms with van der Waals surface area (Å²) in [5.41, 5.74) is 11.8. The summed E-state index contributed by atoms with van der Waals surface area (Å²) in [4.78, 5) is 3.83. The summed E-state index contributed by atoms with van der Waals surface area (Å²) in [7, 11) is 0. The van der Waals surface area contributed by atoms with E-state index in [9.17, 15) is 10.5 Å².